The van der Waals surface area contributed by atoms with E-state index in [1.807, 2.05) is 0 Å². The first kappa shape index (κ1) is 70.8. The molecule has 0 saturated carbocycles. The largest absolute Gasteiger partial charge is 0.462 e. The molecule has 0 radical (unpaired) electrons. The summed E-state index contributed by atoms with van der Waals surface area (Å²) in [5, 5.41) is 0. The molecule has 0 N–H and O–H groups in total. The molecule has 6 heteroatoms. The van der Waals surface area contributed by atoms with Crippen molar-refractivity contribution in [2.75, 3.05) is 13.2 Å². The molecule has 0 saturated heterocycles. The molecule has 0 rings (SSSR count). The van der Waals surface area contributed by atoms with Crippen molar-refractivity contribution in [1.29, 1.82) is 0 Å². The molecule has 0 spiro atoms. The third-order valence-corrected chi connectivity index (χ3v) is 13.9. The van der Waals surface area contributed by atoms with E-state index >= 15 is 0 Å². The number of allylic oxidation sites excluding steroid dienone is 12. The van der Waals surface area contributed by atoms with E-state index in [0.717, 1.165) is 103 Å². The molecule has 0 bridgehead atoms. The molecule has 0 amide bonds. The maximum absolute atomic E-state index is 12.9. The highest BCUT2D eigenvalue weighted by atomic mass is 16.6. The molecule has 0 heterocycles. The second kappa shape index (κ2) is 62.4. The molecule has 0 aliphatic carbocycles. The Morgan fingerprint density at radius 3 is 0.838 bits per heavy atom. The van der Waals surface area contributed by atoms with Crippen LogP contribution in [0.15, 0.2) is 72.9 Å². The number of rotatable bonds is 58. The van der Waals surface area contributed by atoms with Gasteiger partial charge >= 0.3 is 17.9 Å². The first-order chi connectivity index (χ1) is 36.5. The molecular weight excluding hydrogens is 913 g/mol. The predicted molar refractivity (Wildman–Crippen MR) is 321 cm³/mol. The number of unbranched alkanes of at least 4 members (excludes halogenated alkanes) is 35. The van der Waals surface area contributed by atoms with Gasteiger partial charge < -0.3 is 14.2 Å². The zero-order valence-electron chi connectivity index (χ0n) is 49.1. The van der Waals surface area contributed by atoms with Gasteiger partial charge in [-0.2, -0.15) is 0 Å². The summed E-state index contributed by atoms with van der Waals surface area (Å²) in [4.78, 5) is 38.3. The predicted octanol–water partition coefficient (Wildman–Crippen LogP) is 21.7. The first-order valence-electron chi connectivity index (χ1n) is 31.9. The van der Waals surface area contributed by atoms with Crippen LogP contribution in [0.3, 0.4) is 0 Å². The van der Waals surface area contributed by atoms with Crippen molar-refractivity contribution in [3.63, 3.8) is 0 Å². The average Bonchev–Trinajstić information content (AvgIpc) is 3.40. The average molecular weight is 1030 g/mol. The van der Waals surface area contributed by atoms with Gasteiger partial charge in [-0.1, -0.05) is 267 Å². The summed E-state index contributed by atoms with van der Waals surface area (Å²) >= 11 is 0. The lowest BCUT2D eigenvalue weighted by Gasteiger charge is -2.18. The molecule has 1 unspecified atom stereocenters. The summed E-state index contributed by atoms with van der Waals surface area (Å²) in [6.45, 7) is 6.52. The van der Waals surface area contributed by atoms with Crippen molar-refractivity contribution in [2.45, 2.75) is 329 Å². The van der Waals surface area contributed by atoms with Gasteiger partial charge in [0.2, 0.25) is 0 Å². The fourth-order valence-corrected chi connectivity index (χ4v) is 9.13. The van der Waals surface area contributed by atoms with Gasteiger partial charge in [0, 0.05) is 19.3 Å². The van der Waals surface area contributed by atoms with Crippen molar-refractivity contribution in [2.24, 2.45) is 0 Å². The molecule has 0 fully saturated rings. The lowest BCUT2D eigenvalue weighted by molar-refractivity contribution is -0.167. The number of carbonyl (C=O) groups is 3. The third-order valence-electron chi connectivity index (χ3n) is 13.9. The minimum Gasteiger partial charge on any atom is -0.462 e. The lowest BCUT2D eigenvalue weighted by atomic mass is 10.0. The molecule has 0 aromatic carbocycles. The van der Waals surface area contributed by atoms with E-state index in [0.29, 0.717) is 19.3 Å². The minimum atomic E-state index is -0.792. The van der Waals surface area contributed by atoms with Crippen molar-refractivity contribution < 1.29 is 28.6 Å². The Bertz CT molecular complexity index is 1370. The Morgan fingerprint density at radius 2 is 0.527 bits per heavy atom. The second-order valence-electron chi connectivity index (χ2n) is 21.3. The minimum absolute atomic E-state index is 0.0865. The fourth-order valence-electron chi connectivity index (χ4n) is 9.13. The maximum Gasteiger partial charge on any atom is 0.306 e. The molecule has 6 nitrogen and oxygen atoms in total. The number of carbonyl (C=O) groups excluding carboxylic acids is 3. The molecule has 0 aromatic heterocycles. The summed E-state index contributed by atoms with van der Waals surface area (Å²) in [5.74, 6) is -0.907. The van der Waals surface area contributed by atoms with Gasteiger partial charge in [-0.3, -0.25) is 14.4 Å². The van der Waals surface area contributed by atoms with Crippen molar-refractivity contribution in [3.8, 4) is 0 Å². The van der Waals surface area contributed by atoms with Crippen molar-refractivity contribution >= 4 is 17.9 Å². The zero-order valence-corrected chi connectivity index (χ0v) is 49.1. The number of hydrogen-bond acceptors (Lipinski definition) is 6. The Balaban J connectivity index is 4.31. The van der Waals surface area contributed by atoms with Gasteiger partial charge in [0.25, 0.3) is 0 Å². The quantitative estimate of drug-likeness (QED) is 0.0261. The molecule has 1 atom stereocenters. The SMILES string of the molecule is CC/C=C\C/C=C\C/C=C\C/C=C\CCCCCCC(=O)OC(COC(=O)CCCCCCC/C=C\CCCCCCC)COC(=O)CCCCCCCCCCCCCCC/C=C\CCCCCCCCCC. The van der Waals surface area contributed by atoms with Crippen LogP contribution in [0.2, 0.25) is 0 Å². The highest BCUT2D eigenvalue weighted by Crippen LogP contribution is 2.16. The Morgan fingerprint density at radius 1 is 0.284 bits per heavy atom. The summed E-state index contributed by atoms with van der Waals surface area (Å²) in [6.07, 6.45) is 80.5. The smallest absolute Gasteiger partial charge is 0.306 e. The maximum atomic E-state index is 12.9. The fraction of sp³-hybridized carbons (Fsp3) is 0.779. The Hall–Kier alpha value is -3.15. The van der Waals surface area contributed by atoms with E-state index < -0.39 is 6.10 Å². The molecule has 74 heavy (non-hydrogen) atoms. The monoisotopic (exact) mass is 1030 g/mol. The van der Waals surface area contributed by atoms with E-state index in [4.69, 9.17) is 14.2 Å². The van der Waals surface area contributed by atoms with Gasteiger partial charge in [0.1, 0.15) is 13.2 Å². The number of ether oxygens (including phenoxy) is 3. The third kappa shape index (κ3) is 59.7. The van der Waals surface area contributed by atoms with Crippen LogP contribution in [-0.2, 0) is 28.6 Å². The number of esters is 3. The molecule has 0 aliphatic heterocycles. The Kier molecular flexibility index (Phi) is 59.7. The van der Waals surface area contributed by atoms with E-state index in [9.17, 15) is 14.4 Å². The number of hydrogen-bond donors (Lipinski definition) is 0. The van der Waals surface area contributed by atoms with Gasteiger partial charge in [-0.15, -0.1) is 0 Å². The van der Waals surface area contributed by atoms with Crippen LogP contribution in [0.25, 0.3) is 0 Å². The molecule has 428 valence electrons. The van der Waals surface area contributed by atoms with Crippen LogP contribution in [0, 0.1) is 0 Å². The van der Waals surface area contributed by atoms with Crippen molar-refractivity contribution in [3.05, 3.63) is 72.9 Å². The van der Waals surface area contributed by atoms with E-state index in [1.54, 1.807) is 0 Å². The summed E-state index contributed by atoms with van der Waals surface area (Å²) in [7, 11) is 0. The standard InChI is InChI=1S/C68H120O6/c1-4-7-10-13-16-19-22-25-28-30-31-32-33-34-35-36-37-39-40-43-46-49-52-55-58-61-67(70)73-64-65(63-72-66(69)60-57-54-51-48-45-42-27-24-21-18-15-12-9-6-3)74-68(71)62-59-56-53-50-47-44-41-38-29-26-23-20-17-14-11-8-5-2/h8,11,17,20,24,26-27,29-31,41,44,65H,4-7,9-10,12-16,18-19,21-23,25,28,32-40,42-43,45-64H2,1-3H3/b11-8-,20-17-,27-24-,29-26-,31-30-,44-41-. The van der Waals surface area contributed by atoms with Crippen LogP contribution in [0.4, 0.5) is 0 Å². The van der Waals surface area contributed by atoms with Crippen molar-refractivity contribution in [1.82, 2.24) is 0 Å². The zero-order chi connectivity index (χ0) is 53.6. The van der Waals surface area contributed by atoms with Gasteiger partial charge in [0.05, 0.1) is 0 Å². The second-order valence-corrected chi connectivity index (χ2v) is 21.3. The Labute approximate surface area is 459 Å². The normalized spacial score (nSPS) is 12.5. The summed E-state index contributed by atoms with van der Waals surface area (Å²) < 4.78 is 16.9. The van der Waals surface area contributed by atoms with Crippen LogP contribution < -0.4 is 0 Å². The molecule has 0 aliphatic rings. The first-order valence-corrected chi connectivity index (χ1v) is 31.9. The summed E-state index contributed by atoms with van der Waals surface area (Å²) in [5.41, 5.74) is 0. The van der Waals surface area contributed by atoms with Crippen LogP contribution in [0.5, 0.6) is 0 Å². The highest BCUT2D eigenvalue weighted by molar-refractivity contribution is 5.71. The highest BCUT2D eigenvalue weighted by Gasteiger charge is 2.19. The van der Waals surface area contributed by atoms with E-state index in [2.05, 4.69) is 93.7 Å². The van der Waals surface area contributed by atoms with Crippen LogP contribution in [0.1, 0.15) is 323 Å². The topological polar surface area (TPSA) is 78.9 Å². The van der Waals surface area contributed by atoms with Gasteiger partial charge in [0.15, 0.2) is 6.10 Å². The van der Waals surface area contributed by atoms with E-state index in [-0.39, 0.29) is 31.1 Å². The lowest BCUT2D eigenvalue weighted by Crippen LogP contribution is -2.30. The molecule has 0 aromatic rings. The van der Waals surface area contributed by atoms with Crippen LogP contribution >= 0.6 is 0 Å². The van der Waals surface area contributed by atoms with Gasteiger partial charge in [-0.25, -0.2) is 0 Å². The molecular formula is C68H120O6. The van der Waals surface area contributed by atoms with E-state index in [1.165, 1.54) is 180 Å². The van der Waals surface area contributed by atoms with Gasteiger partial charge in [-0.05, 0) is 109 Å². The summed E-state index contributed by atoms with van der Waals surface area (Å²) in [6, 6.07) is 0. The van der Waals surface area contributed by atoms with Crippen LogP contribution in [-0.4, -0.2) is 37.2 Å².